The van der Waals surface area contributed by atoms with E-state index in [0.29, 0.717) is 11.6 Å². The molecule has 0 unspecified atom stereocenters. The Morgan fingerprint density at radius 3 is 2.81 bits per heavy atom. The first kappa shape index (κ1) is 15.6. The van der Waals surface area contributed by atoms with Crippen molar-refractivity contribution in [1.29, 1.82) is 0 Å². The summed E-state index contributed by atoms with van der Waals surface area (Å²) in [6.07, 6.45) is 5.06. The summed E-state index contributed by atoms with van der Waals surface area (Å²) < 4.78 is 4.90. The molecule has 0 atom stereocenters. The highest BCUT2D eigenvalue weighted by molar-refractivity contribution is 6.30. The Kier molecular flexibility index (Phi) is 5.39. The van der Waals surface area contributed by atoms with E-state index in [1.165, 1.54) is 6.08 Å². The van der Waals surface area contributed by atoms with Gasteiger partial charge in [-0.3, -0.25) is 9.59 Å². The molecule has 4 nitrogen and oxygen atoms in total. The lowest BCUT2D eigenvalue weighted by molar-refractivity contribution is -0.148. The van der Waals surface area contributed by atoms with Gasteiger partial charge in [0.25, 0.3) is 0 Å². The molecule has 0 spiro atoms. The third-order valence-electron chi connectivity index (χ3n) is 3.14. The lowest BCUT2D eigenvalue weighted by Crippen LogP contribution is -2.37. The fourth-order valence-corrected chi connectivity index (χ4v) is 2.19. The predicted octanol–water partition coefficient (Wildman–Crippen LogP) is 2.91. The predicted molar refractivity (Wildman–Crippen MR) is 81.9 cm³/mol. The minimum absolute atomic E-state index is 0.0111. The standard InChI is InChI=1S/C16H18ClNO3/c1-2-21-16(20)11-18(14-7-8-14)15(19)9-6-12-4-3-5-13(17)10-12/h3-6,9-10,14H,2,7-8,11H2,1H3. The molecule has 1 aromatic rings. The molecule has 1 amide bonds. The van der Waals surface area contributed by atoms with E-state index in [1.807, 2.05) is 12.1 Å². The van der Waals surface area contributed by atoms with Gasteiger partial charge in [0.05, 0.1) is 6.61 Å². The van der Waals surface area contributed by atoms with E-state index >= 15 is 0 Å². The van der Waals surface area contributed by atoms with Crippen molar-refractivity contribution >= 4 is 29.6 Å². The molecule has 1 fully saturated rings. The highest BCUT2D eigenvalue weighted by Crippen LogP contribution is 2.27. The quantitative estimate of drug-likeness (QED) is 0.599. The van der Waals surface area contributed by atoms with Gasteiger partial charge >= 0.3 is 5.97 Å². The van der Waals surface area contributed by atoms with E-state index < -0.39 is 0 Å². The van der Waals surface area contributed by atoms with E-state index in [-0.39, 0.29) is 24.5 Å². The van der Waals surface area contributed by atoms with Crippen molar-refractivity contribution in [3.05, 3.63) is 40.9 Å². The summed E-state index contributed by atoms with van der Waals surface area (Å²) in [6, 6.07) is 7.40. The Morgan fingerprint density at radius 1 is 1.43 bits per heavy atom. The molecule has 0 radical (unpaired) electrons. The van der Waals surface area contributed by atoms with Gasteiger partial charge in [0.1, 0.15) is 6.54 Å². The average molecular weight is 308 g/mol. The zero-order valence-electron chi connectivity index (χ0n) is 11.9. The fraction of sp³-hybridized carbons (Fsp3) is 0.375. The Morgan fingerprint density at radius 2 is 2.19 bits per heavy atom. The summed E-state index contributed by atoms with van der Waals surface area (Å²) >= 11 is 5.90. The van der Waals surface area contributed by atoms with Gasteiger partial charge in [-0.15, -0.1) is 0 Å². The molecule has 1 aliphatic carbocycles. The summed E-state index contributed by atoms with van der Waals surface area (Å²) in [4.78, 5) is 25.3. The van der Waals surface area contributed by atoms with E-state index in [2.05, 4.69) is 0 Å². The maximum Gasteiger partial charge on any atom is 0.325 e. The normalized spacial score (nSPS) is 14.2. The SMILES string of the molecule is CCOC(=O)CN(C(=O)C=Cc1cccc(Cl)c1)C1CC1. The molecule has 1 saturated carbocycles. The van der Waals surface area contributed by atoms with E-state index in [0.717, 1.165) is 18.4 Å². The van der Waals surface area contributed by atoms with Crippen molar-refractivity contribution in [1.82, 2.24) is 4.90 Å². The number of rotatable bonds is 6. The lowest BCUT2D eigenvalue weighted by Gasteiger charge is -2.19. The molecule has 5 heteroatoms. The number of carbonyl (C=O) groups excluding carboxylic acids is 2. The molecule has 0 N–H and O–H groups in total. The molecule has 1 aromatic carbocycles. The van der Waals surface area contributed by atoms with Crippen LogP contribution in [0.4, 0.5) is 0 Å². The molecule has 1 aliphatic rings. The smallest absolute Gasteiger partial charge is 0.325 e. The first-order chi connectivity index (χ1) is 10.1. The van der Waals surface area contributed by atoms with Crippen LogP contribution in [-0.4, -0.2) is 36.0 Å². The monoisotopic (exact) mass is 307 g/mol. The van der Waals surface area contributed by atoms with Gasteiger partial charge in [-0.25, -0.2) is 0 Å². The maximum absolute atomic E-state index is 12.2. The summed E-state index contributed by atoms with van der Waals surface area (Å²) in [7, 11) is 0. The van der Waals surface area contributed by atoms with Gasteiger partial charge in [-0.2, -0.15) is 0 Å². The van der Waals surface area contributed by atoms with Crippen LogP contribution in [0.5, 0.6) is 0 Å². The summed E-state index contributed by atoms with van der Waals surface area (Å²) in [5.41, 5.74) is 0.850. The minimum atomic E-state index is -0.367. The number of halogens is 1. The van der Waals surface area contributed by atoms with Crippen LogP contribution >= 0.6 is 11.6 Å². The van der Waals surface area contributed by atoms with Gasteiger partial charge in [-0.05, 0) is 43.5 Å². The lowest BCUT2D eigenvalue weighted by atomic mass is 10.2. The van der Waals surface area contributed by atoms with Crippen molar-refractivity contribution in [3.8, 4) is 0 Å². The van der Waals surface area contributed by atoms with Crippen LogP contribution in [0, 0.1) is 0 Å². The molecular formula is C16H18ClNO3. The molecule has 0 saturated heterocycles. The largest absolute Gasteiger partial charge is 0.465 e. The van der Waals surface area contributed by atoms with Crippen LogP contribution in [0.1, 0.15) is 25.3 Å². The van der Waals surface area contributed by atoms with Crippen LogP contribution in [0.2, 0.25) is 5.02 Å². The number of hydrogen-bond donors (Lipinski definition) is 0. The highest BCUT2D eigenvalue weighted by atomic mass is 35.5. The second-order valence-electron chi connectivity index (χ2n) is 4.89. The molecule has 112 valence electrons. The first-order valence-electron chi connectivity index (χ1n) is 7.00. The van der Waals surface area contributed by atoms with Gasteiger partial charge in [-0.1, -0.05) is 23.7 Å². The number of hydrogen-bond acceptors (Lipinski definition) is 3. The van der Waals surface area contributed by atoms with Crippen molar-refractivity contribution in [2.45, 2.75) is 25.8 Å². The first-order valence-corrected chi connectivity index (χ1v) is 7.38. The molecule has 0 aromatic heterocycles. The van der Waals surface area contributed by atoms with Crippen molar-refractivity contribution in [2.24, 2.45) is 0 Å². The van der Waals surface area contributed by atoms with E-state index in [9.17, 15) is 9.59 Å². The summed E-state index contributed by atoms with van der Waals surface area (Å²) in [5.74, 6) is -0.542. The number of nitrogens with zero attached hydrogens (tertiary/aromatic N) is 1. The van der Waals surface area contributed by atoms with Crippen LogP contribution < -0.4 is 0 Å². The Hall–Kier alpha value is -1.81. The van der Waals surface area contributed by atoms with Crippen molar-refractivity contribution in [3.63, 3.8) is 0 Å². The third-order valence-corrected chi connectivity index (χ3v) is 3.38. The average Bonchev–Trinajstić information content (AvgIpc) is 3.27. The van der Waals surface area contributed by atoms with Gasteiger partial charge in [0.2, 0.25) is 5.91 Å². The molecule has 0 bridgehead atoms. The topological polar surface area (TPSA) is 46.6 Å². The Labute approximate surface area is 129 Å². The van der Waals surface area contributed by atoms with E-state index in [1.54, 1.807) is 30.0 Å². The molecule has 21 heavy (non-hydrogen) atoms. The number of ether oxygens (including phenoxy) is 1. The number of amides is 1. The van der Waals surface area contributed by atoms with Crippen LogP contribution in [0.15, 0.2) is 30.3 Å². The zero-order chi connectivity index (χ0) is 15.2. The minimum Gasteiger partial charge on any atom is -0.465 e. The van der Waals surface area contributed by atoms with Crippen molar-refractivity contribution in [2.75, 3.05) is 13.2 Å². The van der Waals surface area contributed by atoms with Gasteiger partial charge in [0, 0.05) is 17.1 Å². The Bertz CT molecular complexity index is 552. The zero-order valence-corrected chi connectivity index (χ0v) is 12.7. The number of esters is 1. The maximum atomic E-state index is 12.2. The fourth-order valence-electron chi connectivity index (χ4n) is 1.99. The second-order valence-corrected chi connectivity index (χ2v) is 5.33. The molecule has 2 rings (SSSR count). The van der Waals surface area contributed by atoms with Crippen LogP contribution in [-0.2, 0) is 14.3 Å². The van der Waals surface area contributed by atoms with Gasteiger partial charge < -0.3 is 9.64 Å². The van der Waals surface area contributed by atoms with E-state index in [4.69, 9.17) is 16.3 Å². The number of carbonyl (C=O) groups is 2. The van der Waals surface area contributed by atoms with Crippen LogP contribution in [0.3, 0.4) is 0 Å². The summed E-state index contributed by atoms with van der Waals surface area (Å²) in [6.45, 7) is 2.08. The molecular weight excluding hydrogens is 290 g/mol. The second kappa shape index (κ2) is 7.27. The van der Waals surface area contributed by atoms with Gasteiger partial charge in [0.15, 0.2) is 0 Å². The summed E-state index contributed by atoms with van der Waals surface area (Å²) in [5, 5.41) is 0.621. The molecule has 0 aliphatic heterocycles. The van der Waals surface area contributed by atoms with Crippen molar-refractivity contribution < 1.29 is 14.3 Å². The highest BCUT2D eigenvalue weighted by Gasteiger charge is 2.33. The third kappa shape index (κ3) is 4.90. The Balaban J connectivity index is 2.00. The van der Waals surface area contributed by atoms with Crippen LogP contribution in [0.25, 0.3) is 6.08 Å². The molecule has 0 heterocycles. The number of benzene rings is 1.